The molecule has 30 heavy (non-hydrogen) atoms. The molecule has 1 fully saturated rings. The topological polar surface area (TPSA) is 88.9 Å². The summed E-state index contributed by atoms with van der Waals surface area (Å²) < 4.78 is 16.5. The van der Waals surface area contributed by atoms with Crippen LogP contribution in [-0.2, 0) is 32.2 Å². The highest BCUT2D eigenvalue weighted by molar-refractivity contribution is 5.82. The highest BCUT2D eigenvalue weighted by atomic mass is 16.6. The van der Waals surface area contributed by atoms with Crippen LogP contribution in [0.4, 0.5) is 4.79 Å². The van der Waals surface area contributed by atoms with Gasteiger partial charge in [-0.3, -0.25) is 4.90 Å². The molecule has 1 aliphatic heterocycles. The predicted molar refractivity (Wildman–Crippen MR) is 108 cm³/mol. The molecule has 0 radical (unpaired) electrons. The van der Waals surface area contributed by atoms with Gasteiger partial charge in [0, 0.05) is 6.42 Å². The van der Waals surface area contributed by atoms with Gasteiger partial charge in [0.1, 0.15) is 19.3 Å². The number of hydrogen-bond acceptors (Lipinski definition) is 6. The number of hydrogen-bond donors (Lipinski definition) is 0. The molecule has 0 aliphatic carbocycles. The van der Waals surface area contributed by atoms with Crippen LogP contribution in [-0.4, -0.2) is 42.3 Å². The highest BCUT2D eigenvalue weighted by Gasteiger charge is 2.42. The van der Waals surface area contributed by atoms with Crippen molar-refractivity contribution >= 4 is 12.1 Å². The van der Waals surface area contributed by atoms with E-state index < -0.39 is 18.1 Å². The fourth-order valence-electron chi connectivity index (χ4n) is 3.24. The van der Waals surface area contributed by atoms with Crippen molar-refractivity contribution in [2.24, 2.45) is 0 Å². The first-order valence-electron chi connectivity index (χ1n) is 9.84. The predicted octanol–water partition coefficient (Wildman–Crippen LogP) is 3.44. The summed E-state index contributed by atoms with van der Waals surface area (Å²) in [5, 5.41) is 8.69. The number of carbonyl (C=O) groups is 2. The Morgan fingerprint density at radius 3 is 2.17 bits per heavy atom. The van der Waals surface area contributed by atoms with Crippen LogP contribution >= 0.6 is 0 Å². The Bertz CT molecular complexity index is 803. The molecule has 0 unspecified atom stereocenters. The van der Waals surface area contributed by atoms with Gasteiger partial charge in [0.25, 0.3) is 0 Å². The Labute approximate surface area is 175 Å². The largest absolute Gasteiger partial charge is 0.459 e. The Morgan fingerprint density at radius 2 is 1.57 bits per heavy atom. The number of nitriles is 1. The Kier molecular flexibility index (Phi) is 7.81. The Balaban J connectivity index is 1.61. The number of ether oxygens (including phenoxy) is 3. The maximum absolute atomic E-state index is 12.7. The molecule has 1 saturated heterocycles. The molecule has 2 aromatic rings. The zero-order chi connectivity index (χ0) is 21.2. The van der Waals surface area contributed by atoms with E-state index in [1.54, 1.807) is 0 Å². The van der Waals surface area contributed by atoms with E-state index in [1.165, 1.54) is 4.90 Å². The fourth-order valence-corrected chi connectivity index (χ4v) is 3.24. The summed E-state index contributed by atoms with van der Waals surface area (Å²) in [7, 11) is 0. The minimum atomic E-state index is -0.788. The molecule has 0 aromatic heterocycles. The second-order valence-electron chi connectivity index (χ2n) is 6.94. The zero-order valence-corrected chi connectivity index (χ0v) is 16.6. The van der Waals surface area contributed by atoms with Crippen molar-refractivity contribution in [3.8, 4) is 6.07 Å². The number of benzene rings is 2. The Morgan fingerprint density at radius 1 is 0.967 bits per heavy atom. The summed E-state index contributed by atoms with van der Waals surface area (Å²) in [4.78, 5) is 26.7. The number of likely N-dealkylation sites (tertiary alicyclic amines) is 1. The summed E-state index contributed by atoms with van der Waals surface area (Å²) in [5.41, 5.74) is 1.72. The van der Waals surface area contributed by atoms with Crippen LogP contribution in [0.25, 0.3) is 0 Å². The summed E-state index contributed by atoms with van der Waals surface area (Å²) in [5.74, 6) is -0.498. The second-order valence-corrected chi connectivity index (χ2v) is 6.94. The molecule has 7 heteroatoms. The van der Waals surface area contributed by atoms with E-state index in [2.05, 4.69) is 0 Å². The molecule has 0 bridgehead atoms. The normalized spacial score (nSPS) is 17.9. The van der Waals surface area contributed by atoms with Crippen LogP contribution in [0.1, 0.15) is 24.0 Å². The van der Waals surface area contributed by atoms with Gasteiger partial charge >= 0.3 is 12.1 Å². The van der Waals surface area contributed by atoms with E-state index in [4.69, 9.17) is 19.5 Å². The molecular weight excluding hydrogens is 384 g/mol. The van der Waals surface area contributed by atoms with Crippen LogP contribution in [0.15, 0.2) is 60.7 Å². The van der Waals surface area contributed by atoms with Crippen LogP contribution in [0.2, 0.25) is 0 Å². The molecule has 2 atom stereocenters. The maximum atomic E-state index is 12.7. The van der Waals surface area contributed by atoms with Crippen LogP contribution in [0.5, 0.6) is 0 Å². The van der Waals surface area contributed by atoms with Crippen LogP contribution < -0.4 is 0 Å². The van der Waals surface area contributed by atoms with E-state index in [9.17, 15) is 9.59 Å². The molecule has 2 aromatic carbocycles. The lowest BCUT2D eigenvalue weighted by atomic mass is 10.2. The van der Waals surface area contributed by atoms with Crippen molar-refractivity contribution in [3.05, 3.63) is 71.8 Å². The second kappa shape index (κ2) is 11.0. The standard InChI is InChI=1S/C23H24N2O5/c24-12-7-13-28-20-14-21(22(26)29-16-18-8-3-1-4-9-18)25(15-20)23(27)30-17-19-10-5-2-6-11-19/h1-6,8-11,20-21H,7,13-17H2/t20-,21+/m1/s1. The minimum Gasteiger partial charge on any atom is -0.459 e. The van der Waals surface area contributed by atoms with Crippen molar-refractivity contribution in [1.29, 1.82) is 5.26 Å². The van der Waals surface area contributed by atoms with Gasteiger partial charge in [-0.1, -0.05) is 60.7 Å². The first-order chi connectivity index (χ1) is 14.7. The first-order valence-corrected chi connectivity index (χ1v) is 9.84. The average molecular weight is 408 g/mol. The minimum absolute atomic E-state index is 0.113. The van der Waals surface area contributed by atoms with Crippen LogP contribution in [0.3, 0.4) is 0 Å². The molecule has 0 saturated carbocycles. The zero-order valence-electron chi connectivity index (χ0n) is 16.6. The van der Waals surface area contributed by atoms with E-state index >= 15 is 0 Å². The van der Waals surface area contributed by atoms with Gasteiger partial charge in [-0.15, -0.1) is 0 Å². The van der Waals surface area contributed by atoms with Gasteiger partial charge in [-0.05, 0) is 11.1 Å². The number of esters is 1. The lowest BCUT2D eigenvalue weighted by Gasteiger charge is -2.22. The smallest absolute Gasteiger partial charge is 0.410 e. The van der Waals surface area contributed by atoms with Crippen molar-refractivity contribution in [2.45, 2.75) is 38.2 Å². The lowest BCUT2D eigenvalue weighted by Crippen LogP contribution is -2.41. The van der Waals surface area contributed by atoms with Crippen molar-refractivity contribution in [2.75, 3.05) is 13.2 Å². The van der Waals surface area contributed by atoms with Crippen LogP contribution in [0, 0.1) is 11.3 Å². The molecule has 1 amide bonds. The highest BCUT2D eigenvalue weighted by Crippen LogP contribution is 2.23. The molecular formula is C23H24N2O5. The first kappa shape index (κ1) is 21.3. The van der Waals surface area contributed by atoms with E-state index in [0.717, 1.165) is 11.1 Å². The third-order valence-electron chi connectivity index (χ3n) is 4.77. The number of carbonyl (C=O) groups excluding carboxylic acids is 2. The summed E-state index contributed by atoms with van der Waals surface area (Å²) >= 11 is 0. The van der Waals surface area contributed by atoms with Gasteiger partial charge < -0.3 is 14.2 Å². The van der Waals surface area contributed by atoms with Gasteiger partial charge in [0.05, 0.1) is 31.7 Å². The summed E-state index contributed by atoms with van der Waals surface area (Å²) in [6.07, 6.45) is -0.388. The molecule has 7 nitrogen and oxygen atoms in total. The molecule has 156 valence electrons. The van der Waals surface area contributed by atoms with E-state index in [1.807, 2.05) is 66.7 Å². The van der Waals surface area contributed by atoms with Gasteiger partial charge in [0.15, 0.2) is 0 Å². The van der Waals surface area contributed by atoms with Gasteiger partial charge in [0.2, 0.25) is 0 Å². The Hall–Kier alpha value is -3.37. The fraction of sp³-hybridized carbons (Fsp3) is 0.348. The van der Waals surface area contributed by atoms with Crippen molar-refractivity contribution in [3.63, 3.8) is 0 Å². The SMILES string of the molecule is N#CCCO[C@@H]1C[C@@H](C(=O)OCc2ccccc2)N(C(=O)OCc2ccccc2)C1. The number of amides is 1. The molecule has 0 N–H and O–H groups in total. The third-order valence-corrected chi connectivity index (χ3v) is 4.77. The monoisotopic (exact) mass is 408 g/mol. The molecule has 1 heterocycles. The maximum Gasteiger partial charge on any atom is 0.410 e. The number of nitrogens with zero attached hydrogens (tertiary/aromatic N) is 2. The summed E-state index contributed by atoms with van der Waals surface area (Å²) in [6, 6.07) is 19.9. The van der Waals surface area contributed by atoms with Crippen molar-refractivity contribution < 1.29 is 23.8 Å². The quantitative estimate of drug-likeness (QED) is 0.491. The van der Waals surface area contributed by atoms with Crippen molar-refractivity contribution in [1.82, 2.24) is 4.90 Å². The third kappa shape index (κ3) is 6.06. The molecule has 1 aliphatic rings. The molecule has 0 spiro atoms. The van der Waals surface area contributed by atoms with E-state index in [-0.39, 0.29) is 38.9 Å². The number of rotatable bonds is 8. The van der Waals surface area contributed by atoms with Gasteiger partial charge in [-0.25, -0.2) is 9.59 Å². The van der Waals surface area contributed by atoms with E-state index in [0.29, 0.717) is 6.42 Å². The average Bonchev–Trinajstić information content (AvgIpc) is 3.22. The lowest BCUT2D eigenvalue weighted by molar-refractivity contribution is -0.150. The van der Waals surface area contributed by atoms with Gasteiger partial charge in [-0.2, -0.15) is 5.26 Å². The summed E-state index contributed by atoms with van der Waals surface area (Å²) in [6.45, 7) is 0.703. The molecule has 3 rings (SSSR count).